The zero-order valence-electron chi connectivity index (χ0n) is 17.4. The van der Waals surface area contributed by atoms with Crippen LogP contribution in [0.1, 0.15) is 34.1 Å². The van der Waals surface area contributed by atoms with Crippen molar-refractivity contribution in [2.75, 3.05) is 0 Å². The molecule has 2 aromatic rings. The molecule has 11 heteroatoms. The van der Waals surface area contributed by atoms with Crippen LogP contribution in [0.3, 0.4) is 0 Å². The minimum absolute atomic E-state index is 0.0885. The van der Waals surface area contributed by atoms with Gasteiger partial charge in [0.1, 0.15) is 17.1 Å². The molecule has 0 aromatic heterocycles. The van der Waals surface area contributed by atoms with Crippen LogP contribution in [0.2, 0.25) is 0 Å². The van der Waals surface area contributed by atoms with E-state index in [1.165, 1.54) is 24.3 Å². The van der Waals surface area contributed by atoms with Gasteiger partial charge in [-0.3, -0.25) is 4.79 Å². The number of carbonyl (C=O) groups excluding carboxylic acids is 1. The monoisotopic (exact) mass is 466 g/mol. The third-order valence-electron chi connectivity index (χ3n) is 3.75. The van der Waals surface area contributed by atoms with Gasteiger partial charge in [0, 0.05) is 6.42 Å². The summed E-state index contributed by atoms with van der Waals surface area (Å²) in [5.74, 6) is -0.0470. The van der Waals surface area contributed by atoms with E-state index < -0.39 is 45.4 Å². The van der Waals surface area contributed by atoms with Gasteiger partial charge in [-0.25, -0.2) is 16.8 Å². The van der Waals surface area contributed by atoms with Crippen LogP contribution in [0, 0.1) is 0 Å². The van der Waals surface area contributed by atoms with Crippen molar-refractivity contribution in [2.24, 2.45) is 0 Å². The van der Waals surface area contributed by atoms with Gasteiger partial charge in [-0.15, -0.1) is 4.79 Å². The van der Waals surface area contributed by atoms with E-state index in [0.717, 1.165) is 24.3 Å². The molecule has 166 valence electrons. The van der Waals surface area contributed by atoms with Gasteiger partial charge < -0.3 is 15.0 Å². The van der Waals surface area contributed by atoms with Gasteiger partial charge in [0.2, 0.25) is 0 Å². The second-order valence-electron chi connectivity index (χ2n) is 7.36. The van der Waals surface area contributed by atoms with Crippen molar-refractivity contribution in [3.8, 4) is 11.5 Å². The molecule has 0 atom stereocenters. The Labute approximate surface area is 181 Å². The summed E-state index contributed by atoms with van der Waals surface area (Å²) in [4.78, 5) is 13.1. The lowest BCUT2D eigenvalue weighted by molar-refractivity contribution is -0.134. The minimum atomic E-state index is -4.71. The maximum Gasteiger partial charge on any atom is 0.504 e. The highest BCUT2D eigenvalue weighted by molar-refractivity contribution is 8.31. The van der Waals surface area contributed by atoms with Crippen molar-refractivity contribution in [1.29, 1.82) is 0 Å². The average Bonchev–Trinajstić information content (AvgIpc) is 2.67. The molecule has 0 fully saturated rings. The van der Waals surface area contributed by atoms with Crippen LogP contribution in [0.25, 0.3) is 5.53 Å². The highest BCUT2D eigenvalue weighted by Crippen LogP contribution is 2.25. The number of hydrogen-bond donors (Lipinski definition) is 0. The van der Waals surface area contributed by atoms with Crippen LogP contribution >= 0.6 is 0 Å². The summed E-state index contributed by atoms with van der Waals surface area (Å²) >= 11 is 0. The Morgan fingerprint density at radius 2 is 1.29 bits per heavy atom. The molecule has 0 saturated heterocycles. The smallest absolute Gasteiger partial charge is 0.488 e. The van der Waals surface area contributed by atoms with E-state index >= 15 is 0 Å². The Bertz CT molecular complexity index is 1220. The first-order chi connectivity index (χ1) is 14.3. The van der Waals surface area contributed by atoms with Crippen LogP contribution in [0.5, 0.6) is 11.5 Å². The standard InChI is InChI=1S/C20H22N2O7S2/c1-5-18(23)28-14-6-10-16(11-7-14)30(24,25)19(22-21)31(26,27)17-12-8-15(9-13-17)29-20(2,3)4/h6-13H,5H2,1-4H3. The van der Waals surface area contributed by atoms with Crippen LogP contribution < -0.4 is 9.47 Å². The Morgan fingerprint density at radius 1 is 0.871 bits per heavy atom. The largest absolute Gasteiger partial charge is 0.504 e. The Hall–Kier alpha value is -3.01. The van der Waals surface area contributed by atoms with Gasteiger partial charge >= 0.3 is 10.3 Å². The maximum atomic E-state index is 12.9. The molecule has 0 bridgehead atoms. The molecular weight excluding hydrogens is 444 g/mol. The Kier molecular flexibility index (Phi) is 7.05. The molecule has 0 unspecified atom stereocenters. The van der Waals surface area contributed by atoms with Crippen LogP contribution in [0.15, 0.2) is 58.3 Å². The van der Waals surface area contributed by atoms with E-state index in [1.807, 2.05) is 20.8 Å². The lowest BCUT2D eigenvalue weighted by Gasteiger charge is -2.21. The first kappa shape index (κ1) is 24.3. The summed E-state index contributed by atoms with van der Waals surface area (Å²) in [5, 5.41) is 0. The molecule has 0 heterocycles. The second kappa shape index (κ2) is 9.01. The molecule has 0 aliphatic carbocycles. The molecule has 0 N–H and O–H groups in total. The number of nitrogens with zero attached hydrogens (tertiary/aromatic N) is 2. The van der Waals surface area contributed by atoms with Crippen molar-refractivity contribution in [2.45, 2.75) is 49.5 Å². The molecule has 0 amide bonds. The van der Waals surface area contributed by atoms with E-state index in [9.17, 15) is 27.2 Å². The predicted molar refractivity (Wildman–Crippen MR) is 112 cm³/mol. The quantitative estimate of drug-likeness (QED) is 0.165. The van der Waals surface area contributed by atoms with Gasteiger partial charge in [-0.1, -0.05) is 6.92 Å². The normalized spacial score (nSPS) is 12.0. The summed E-state index contributed by atoms with van der Waals surface area (Å²) in [6, 6.07) is 9.55. The molecule has 0 radical (unpaired) electrons. The van der Waals surface area contributed by atoms with E-state index in [2.05, 4.69) is 4.79 Å². The van der Waals surface area contributed by atoms with Gasteiger partial charge in [0.05, 0.1) is 9.79 Å². The molecule has 2 rings (SSSR count). The van der Waals surface area contributed by atoms with Gasteiger partial charge in [-0.05, 0) is 69.3 Å². The van der Waals surface area contributed by atoms with Crippen molar-refractivity contribution in [3.63, 3.8) is 0 Å². The van der Waals surface area contributed by atoms with E-state index in [4.69, 9.17) is 9.47 Å². The van der Waals surface area contributed by atoms with Crippen LogP contribution in [-0.2, 0) is 24.5 Å². The molecule has 0 saturated carbocycles. The Balaban J connectivity index is 2.39. The fourth-order valence-corrected chi connectivity index (χ4v) is 5.72. The summed E-state index contributed by atoms with van der Waals surface area (Å²) < 4.78 is 60.5. The van der Waals surface area contributed by atoms with Crippen LogP contribution in [-0.4, -0.2) is 37.6 Å². The molecular formula is C20H22N2O7S2. The number of rotatable bonds is 5. The number of hydrogen-bond acceptors (Lipinski definition) is 7. The van der Waals surface area contributed by atoms with Crippen molar-refractivity contribution in [3.05, 3.63) is 54.1 Å². The predicted octanol–water partition coefficient (Wildman–Crippen LogP) is 3.01. The molecule has 0 aliphatic heterocycles. The number of sulfone groups is 2. The van der Waals surface area contributed by atoms with E-state index in [1.54, 1.807) is 6.92 Å². The zero-order chi connectivity index (χ0) is 23.4. The lowest BCUT2D eigenvalue weighted by Crippen LogP contribution is -2.26. The summed E-state index contributed by atoms with van der Waals surface area (Å²) in [6.45, 7) is 7.04. The number of ether oxygens (including phenoxy) is 2. The number of carbonyl (C=O) groups is 1. The van der Waals surface area contributed by atoms with E-state index in [-0.39, 0.29) is 12.2 Å². The third kappa shape index (κ3) is 5.78. The van der Waals surface area contributed by atoms with Crippen molar-refractivity contribution >= 4 is 30.0 Å². The van der Waals surface area contributed by atoms with Crippen LogP contribution in [0.4, 0.5) is 0 Å². The first-order valence-electron chi connectivity index (χ1n) is 9.13. The van der Waals surface area contributed by atoms with Crippen molar-refractivity contribution in [1.82, 2.24) is 0 Å². The van der Waals surface area contributed by atoms with Crippen molar-refractivity contribution < 1.29 is 35.9 Å². The lowest BCUT2D eigenvalue weighted by atomic mass is 10.2. The molecule has 31 heavy (non-hydrogen) atoms. The summed E-state index contributed by atoms with van der Waals surface area (Å²) in [7, 11) is -9.39. The maximum absolute atomic E-state index is 12.9. The topological polar surface area (TPSA) is 140 Å². The van der Waals surface area contributed by atoms with Gasteiger partial charge in [0.25, 0.3) is 19.7 Å². The molecule has 0 aliphatic rings. The first-order valence-corrected chi connectivity index (χ1v) is 12.1. The summed E-state index contributed by atoms with van der Waals surface area (Å²) in [5.41, 5.74) is 8.75. The van der Waals surface area contributed by atoms with E-state index in [0.29, 0.717) is 5.75 Å². The minimum Gasteiger partial charge on any atom is -0.488 e. The SMILES string of the molecule is CCC(=O)Oc1ccc(S(=O)(=O)C(=[N+]=[N-])S(=O)(=O)c2ccc(OC(C)(C)C)cc2)cc1. The number of esters is 1. The van der Waals surface area contributed by atoms with Gasteiger partial charge in [0.15, 0.2) is 0 Å². The highest BCUT2D eigenvalue weighted by atomic mass is 32.3. The fourth-order valence-electron chi connectivity index (χ4n) is 2.38. The highest BCUT2D eigenvalue weighted by Gasteiger charge is 2.44. The molecule has 9 nitrogen and oxygen atoms in total. The number of benzene rings is 2. The third-order valence-corrected chi connectivity index (χ3v) is 7.94. The average molecular weight is 467 g/mol. The molecule has 2 aromatic carbocycles. The summed E-state index contributed by atoms with van der Waals surface area (Å²) in [6.07, 6.45) is 0.124. The molecule has 0 spiro atoms. The van der Waals surface area contributed by atoms with Gasteiger partial charge in [-0.2, -0.15) is 0 Å². The second-order valence-corrected chi connectivity index (χ2v) is 11.3. The fraction of sp³-hybridized carbons (Fsp3) is 0.300. The zero-order valence-corrected chi connectivity index (χ0v) is 19.0. The Morgan fingerprint density at radius 3 is 1.65 bits per heavy atom.